The Kier molecular flexibility index (Phi) is 6.42. The predicted molar refractivity (Wildman–Crippen MR) is 135 cm³/mol. The van der Waals surface area contributed by atoms with Gasteiger partial charge in [-0.25, -0.2) is 0 Å². The number of thioether (sulfide) groups is 1. The smallest absolute Gasteiger partial charge is 0.220 e. The van der Waals surface area contributed by atoms with Crippen molar-refractivity contribution in [3.05, 3.63) is 23.3 Å². The Balaban J connectivity index is 1.33. The van der Waals surface area contributed by atoms with Gasteiger partial charge in [-0.05, 0) is 91.4 Å². The summed E-state index contributed by atoms with van der Waals surface area (Å²) >= 11 is 1.81. The van der Waals surface area contributed by atoms with Crippen LogP contribution in [-0.2, 0) is 15.6 Å². The lowest BCUT2D eigenvalue weighted by Gasteiger charge is -2.56. The summed E-state index contributed by atoms with van der Waals surface area (Å²) in [5, 5.41) is 14.4. The standard InChI is InChI=1S/C28H43NO2S/c1-26(2,3)22-13-21(14-23(25(22)31)27(4,5)6)32-9-7-8-24(30)29-28-15-18-10-19(16-28)12-20(11-18)17-28/h13-14,18-20,31H,7-12,15-17H2,1-6H3,(H,29,30). The molecule has 0 aliphatic heterocycles. The molecule has 0 spiro atoms. The molecule has 0 unspecified atom stereocenters. The summed E-state index contributed by atoms with van der Waals surface area (Å²) in [6.45, 7) is 12.9. The zero-order chi connectivity index (χ0) is 23.3. The highest BCUT2D eigenvalue weighted by Gasteiger charge is 2.51. The molecule has 178 valence electrons. The number of hydrogen-bond donors (Lipinski definition) is 2. The monoisotopic (exact) mass is 457 g/mol. The van der Waals surface area contributed by atoms with Gasteiger partial charge in [-0.3, -0.25) is 4.79 Å². The van der Waals surface area contributed by atoms with Crippen LogP contribution in [0, 0.1) is 17.8 Å². The van der Waals surface area contributed by atoms with E-state index in [0.29, 0.717) is 12.2 Å². The second-order valence-corrected chi connectivity index (χ2v) is 14.2. The SMILES string of the molecule is CC(C)(C)c1cc(SCCCC(=O)NC23CC4CC(CC(C4)C2)C3)cc(C(C)(C)C)c1O. The molecule has 4 heteroatoms. The van der Waals surface area contributed by atoms with Crippen LogP contribution in [0.1, 0.15) is 104 Å². The van der Waals surface area contributed by atoms with Crippen molar-refractivity contribution in [1.29, 1.82) is 0 Å². The summed E-state index contributed by atoms with van der Waals surface area (Å²) in [6, 6.07) is 4.29. The summed E-state index contributed by atoms with van der Waals surface area (Å²) in [6.07, 6.45) is 9.39. The van der Waals surface area contributed by atoms with Gasteiger partial charge in [0.05, 0.1) is 0 Å². The predicted octanol–water partition coefficient (Wildman–Crippen LogP) is 6.94. The highest BCUT2D eigenvalue weighted by atomic mass is 32.2. The number of rotatable bonds is 6. The van der Waals surface area contributed by atoms with Gasteiger partial charge in [0, 0.05) is 28.0 Å². The Labute approximate surface area is 199 Å². The number of aromatic hydroxyl groups is 1. The van der Waals surface area contributed by atoms with Crippen LogP contribution in [0.15, 0.2) is 17.0 Å². The maximum absolute atomic E-state index is 12.8. The van der Waals surface area contributed by atoms with E-state index in [4.69, 9.17) is 0 Å². The molecule has 1 aromatic rings. The minimum atomic E-state index is -0.113. The molecule has 4 fully saturated rings. The molecule has 3 nitrogen and oxygen atoms in total. The van der Waals surface area contributed by atoms with Crippen LogP contribution in [0.4, 0.5) is 0 Å². The molecule has 32 heavy (non-hydrogen) atoms. The van der Waals surface area contributed by atoms with Gasteiger partial charge in [-0.1, -0.05) is 41.5 Å². The highest BCUT2D eigenvalue weighted by molar-refractivity contribution is 7.99. The van der Waals surface area contributed by atoms with Gasteiger partial charge in [-0.2, -0.15) is 0 Å². The third kappa shape index (κ3) is 5.16. The molecule has 1 aromatic carbocycles. The number of carbonyl (C=O) groups is 1. The Morgan fingerprint density at radius 1 is 0.969 bits per heavy atom. The number of benzene rings is 1. The third-order valence-electron chi connectivity index (χ3n) is 7.96. The van der Waals surface area contributed by atoms with Crippen molar-refractivity contribution >= 4 is 17.7 Å². The van der Waals surface area contributed by atoms with Gasteiger partial charge in [0.2, 0.25) is 5.91 Å². The van der Waals surface area contributed by atoms with E-state index in [-0.39, 0.29) is 22.3 Å². The van der Waals surface area contributed by atoms with E-state index >= 15 is 0 Å². The normalized spacial score (nSPS) is 29.4. The lowest BCUT2D eigenvalue weighted by atomic mass is 9.53. The molecule has 0 atom stereocenters. The van der Waals surface area contributed by atoms with Crippen LogP contribution in [0.25, 0.3) is 0 Å². The zero-order valence-corrected chi connectivity index (χ0v) is 21.8. The first-order valence-electron chi connectivity index (χ1n) is 12.7. The zero-order valence-electron chi connectivity index (χ0n) is 21.0. The summed E-state index contributed by atoms with van der Waals surface area (Å²) < 4.78 is 0. The quantitative estimate of drug-likeness (QED) is 0.359. The fraction of sp³-hybridized carbons (Fsp3) is 0.750. The van der Waals surface area contributed by atoms with Crippen LogP contribution < -0.4 is 5.32 Å². The van der Waals surface area contributed by atoms with Crippen molar-refractivity contribution in [2.45, 2.75) is 114 Å². The van der Waals surface area contributed by atoms with Crippen LogP contribution in [0.3, 0.4) is 0 Å². The molecule has 4 bridgehead atoms. The molecule has 4 aliphatic carbocycles. The van der Waals surface area contributed by atoms with E-state index in [1.54, 1.807) is 0 Å². The van der Waals surface area contributed by atoms with Crippen LogP contribution in [0.5, 0.6) is 5.75 Å². The maximum atomic E-state index is 12.8. The molecule has 2 N–H and O–H groups in total. The maximum Gasteiger partial charge on any atom is 0.220 e. The molecule has 0 heterocycles. The molecular formula is C28H43NO2S. The Morgan fingerprint density at radius 2 is 1.44 bits per heavy atom. The average molecular weight is 458 g/mol. The van der Waals surface area contributed by atoms with Crippen molar-refractivity contribution in [3.63, 3.8) is 0 Å². The first-order chi connectivity index (χ1) is 14.8. The topological polar surface area (TPSA) is 49.3 Å². The lowest BCUT2D eigenvalue weighted by Crippen LogP contribution is -2.59. The molecule has 0 saturated heterocycles. The van der Waals surface area contributed by atoms with E-state index in [1.165, 1.54) is 43.4 Å². The minimum absolute atomic E-state index is 0.113. The first-order valence-corrected chi connectivity index (χ1v) is 13.6. The molecule has 1 amide bonds. The lowest BCUT2D eigenvalue weighted by molar-refractivity contribution is -0.126. The number of phenolic OH excluding ortho intramolecular Hbond substituents is 1. The van der Waals surface area contributed by atoms with Gasteiger partial charge < -0.3 is 10.4 Å². The molecule has 0 aromatic heterocycles. The number of amides is 1. The summed E-state index contributed by atoms with van der Waals surface area (Å²) in [7, 11) is 0. The number of phenols is 1. The second-order valence-electron chi connectivity index (χ2n) is 13.1. The van der Waals surface area contributed by atoms with Crippen molar-refractivity contribution in [1.82, 2.24) is 5.32 Å². The third-order valence-corrected chi connectivity index (χ3v) is 9.02. The molecule has 4 aliphatic rings. The summed E-state index contributed by atoms with van der Waals surface area (Å²) in [5.41, 5.74) is 1.91. The second kappa shape index (κ2) is 8.56. The minimum Gasteiger partial charge on any atom is -0.507 e. The van der Waals surface area contributed by atoms with E-state index in [9.17, 15) is 9.90 Å². The van der Waals surface area contributed by atoms with Crippen LogP contribution >= 0.6 is 11.8 Å². The van der Waals surface area contributed by atoms with E-state index < -0.39 is 0 Å². The number of carbonyl (C=O) groups excluding carboxylic acids is 1. The van der Waals surface area contributed by atoms with Gasteiger partial charge >= 0.3 is 0 Å². The number of hydrogen-bond acceptors (Lipinski definition) is 3. The molecule has 5 rings (SSSR count). The van der Waals surface area contributed by atoms with Gasteiger partial charge in [0.15, 0.2) is 0 Å². The summed E-state index contributed by atoms with van der Waals surface area (Å²) in [4.78, 5) is 14.0. The molecule has 0 radical (unpaired) electrons. The van der Waals surface area contributed by atoms with Crippen molar-refractivity contribution in [3.8, 4) is 5.75 Å². The average Bonchev–Trinajstić information content (AvgIpc) is 2.62. The van der Waals surface area contributed by atoms with E-state index in [2.05, 4.69) is 59.0 Å². The summed E-state index contributed by atoms with van der Waals surface area (Å²) in [5.74, 6) is 4.20. The van der Waals surface area contributed by atoms with Gasteiger partial charge in [0.1, 0.15) is 5.75 Å². The molecular weight excluding hydrogens is 414 g/mol. The fourth-order valence-electron chi connectivity index (χ4n) is 6.88. The van der Waals surface area contributed by atoms with Crippen LogP contribution in [-0.4, -0.2) is 22.3 Å². The highest BCUT2D eigenvalue weighted by Crippen LogP contribution is 2.55. The van der Waals surface area contributed by atoms with E-state index in [0.717, 1.165) is 41.1 Å². The fourth-order valence-corrected chi connectivity index (χ4v) is 7.81. The Bertz CT molecular complexity index is 791. The van der Waals surface area contributed by atoms with Crippen molar-refractivity contribution in [2.75, 3.05) is 5.75 Å². The largest absolute Gasteiger partial charge is 0.507 e. The molecule has 4 saturated carbocycles. The first kappa shape index (κ1) is 24.0. The van der Waals surface area contributed by atoms with Crippen LogP contribution in [0.2, 0.25) is 0 Å². The van der Waals surface area contributed by atoms with Gasteiger partial charge in [-0.15, -0.1) is 11.8 Å². The van der Waals surface area contributed by atoms with Crippen molar-refractivity contribution < 1.29 is 9.90 Å². The Morgan fingerprint density at radius 3 is 1.88 bits per heavy atom. The van der Waals surface area contributed by atoms with E-state index in [1.807, 2.05) is 11.8 Å². The van der Waals surface area contributed by atoms with Crippen molar-refractivity contribution in [2.24, 2.45) is 17.8 Å². The van der Waals surface area contributed by atoms with Gasteiger partial charge in [0.25, 0.3) is 0 Å². The number of nitrogens with one attached hydrogen (secondary N) is 1. The Hall–Kier alpha value is -1.16.